The number of nitrogens with two attached hydrogens (primary N) is 1. The van der Waals surface area contributed by atoms with Gasteiger partial charge in [-0.1, -0.05) is 12.1 Å². The molecule has 16 heavy (non-hydrogen) atoms. The van der Waals surface area contributed by atoms with Crippen molar-refractivity contribution in [2.24, 2.45) is 10.9 Å². The van der Waals surface area contributed by atoms with Crippen LogP contribution in [0.3, 0.4) is 0 Å². The Kier molecular flexibility index (Phi) is 6.59. The minimum absolute atomic E-state index is 0.0100. The third-order valence-electron chi connectivity index (χ3n) is 2.80. The van der Waals surface area contributed by atoms with Crippen molar-refractivity contribution in [3.05, 3.63) is 0 Å². The molecule has 0 saturated carbocycles. The number of hydrogen-bond acceptors (Lipinski definition) is 5. The lowest BCUT2D eigenvalue weighted by Crippen LogP contribution is -2.45. The van der Waals surface area contributed by atoms with Crippen molar-refractivity contribution in [1.82, 2.24) is 10.2 Å². The number of nitrogens with one attached hydrogen (secondary N) is 1. The number of nitrogens with zero attached hydrogens (tertiary/aromatic N) is 2. The van der Waals surface area contributed by atoms with Crippen LogP contribution in [0, 0.1) is 0 Å². The fraction of sp³-hybridized carbons (Fsp3) is 0.900. The summed E-state index contributed by atoms with van der Waals surface area (Å²) in [6.45, 7) is 6.29. The van der Waals surface area contributed by atoms with Gasteiger partial charge in [0.15, 0.2) is 5.84 Å². The van der Waals surface area contributed by atoms with E-state index < -0.39 is 0 Å². The van der Waals surface area contributed by atoms with Gasteiger partial charge in [0.2, 0.25) is 0 Å². The van der Waals surface area contributed by atoms with Crippen LogP contribution in [0.5, 0.6) is 0 Å². The van der Waals surface area contributed by atoms with Crippen molar-refractivity contribution in [1.29, 1.82) is 0 Å². The van der Waals surface area contributed by atoms with Crippen molar-refractivity contribution < 1.29 is 5.21 Å². The van der Waals surface area contributed by atoms with Crippen LogP contribution in [-0.4, -0.2) is 59.7 Å². The summed E-state index contributed by atoms with van der Waals surface area (Å²) in [5, 5.41) is 14.9. The van der Waals surface area contributed by atoms with Gasteiger partial charge in [-0.05, 0) is 6.42 Å². The highest BCUT2D eigenvalue weighted by atomic mass is 32.2. The van der Waals surface area contributed by atoms with Crippen molar-refractivity contribution >= 4 is 17.6 Å². The first-order valence-electron chi connectivity index (χ1n) is 5.78. The van der Waals surface area contributed by atoms with Gasteiger partial charge in [0.1, 0.15) is 0 Å². The first-order chi connectivity index (χ1) is 7.77. The molecule has 0 amide bonds. The second kappa shape index (κ2) is 7.76. The maximum absolute atomic E-state index is 8.59. The van der Waals surface area contributed by atoms with Crippen LogP contribution in [-0.2, 0) is 0 Å². The number of thioether (sulfide) groups is 1. The van der Waals surface area contributed by atoms with Gasteiger partial charge >= 0.3 is 0 Å². The predicted octanol–water partition coefficient (Wildman–Crippen LogP) is 0.150. The van der Waals surface area contributed by atoms with Crippen molar-refractivity contribution in [2.45, 2.75) is 19.4 Å². The Bertz CT molecular complexity index is 219. The molecule has 0 radical (unpaired) electrons. The van der Waals surface area contributed by atoms with E-state index in [0.717, 1.165) is 19.5 Å². The van der Waals surface area contributed by atoms with Gasteiger partial charge in [-0.2, -0.15) is 11.8 Å². The summed E-state index contributed by atoms with van der Waals surface area (Å²) in [6.07, 6.45) is 0.839. The van der Waals surface area contributed by atoms with E-state index in [9.17, 15) is 0 Å². The molecular weight excluding hydrogens is 224 g/mol. The van der Waals surface area contributed by atoms with Gasteiger partial charge in [-0.15, -0.1) is 0 Å². The van der Waals surface area contributed by atoms with E-state index in [0.29, 0.717) is 0 Å². The van der Waals surface area contributed by atoms with Gasteiger partial charge in [-0.25, -0.2) is 0 Å². The average Bonchev–Trinajstić information content (AvgIpc) is 2.35. The Morgan fingerprint density at radius 3 is 2.81 bits per heavy atom. The first kappa shape index (κ1) is 13.6. The molecule has 0 aromatic carbocycles. The summed E-state index contributed by atoms with van der Waals surface area (Å²) in [5.74, 6) is 2.74. The fourth-order valence-electron chi connectivity index (χ4n) is 1.75. The number of oxime groups is 1. The Hall–Kier alpha value is -0.460. The molecule has 5 nitrogen and oxygen atoms in total. The highest BCUT2D eigenvalue weighted by Crippen LogP contribution is 2.07. The van der Waals surface area contributed by atoms with Gasteiger partial charge in [-0.3, -0.25) is 0 Å². The molecule has 1 rings (SSSR count). The molecule has 1 fully saturated rings. The van der Waals surface area contributed by atoms with E-state index in [-0.39, 0.29) is 11.9 Å². The van der Waals surface area contributed by atoms with Crippen molar-refractivity contribution in [3.63, 3.8) is 0 Å². The fourth-order valence-corrected chi connectivity index (χ4v) is 2.73. The molecule has 1 aliphatic rings. The SMILES string of the molecule is CCC(NCCN1CCSCC1)C(N)=NO. The molecule has 1 unspecified atom stereocenters. The number of hydrogen-bond donors (Lipinski definition) is 3. The maximum atomic E-state index is 8.59. The summed E-state index contributed by atoms with van der Waals surface area (Å²) in [4.78, 5) is 2.45. The smallest absolute Gasteiger partial charge is 0.156 e. The summed E-state index contributed by atoms with van der Waals surface area (Å²) >= 11 is 2.02. The van der Waals surface area contributed by atoms with Gasteiger partial charge in [0.25, 0.3) is 0 Å². The molecular formula is C10H22N4OS. The lowest BCUT2D eigenvalue weighted by atomic mass is 10.2. The van der Waals surface area contributed by atoms with Crippen LogP contribution < -0.4 is 11.1 Å². The Balaban J connectivity index is 2.17. The third kappa shape index (κ3) is 4.59. The zero-order chi connectivity index (χ0) is 11.8. The largest absolute Gasteiger partial charge is 0.409 e. The molecule has 0 aliphatic carbocycles. The quantitative estimate of drug-likeness (QED) is 0.269. The molecule has 1 atom stereocenters. The van der Waals surface area contributed by atoms with Crippen LogP contribution in [0.15, 0.2) is 5.16 Å². The lowest BCUT2D eigenvalue weighted by Gasteiger charge is -2.27. The van der Waals surface area contributed by atoms with Gasteiger partial charge in [0, 0.05) is 37.7 Å². The molecule has 0 aromatic heterocycles. The van der Waals surface area contributed by atoms with Crippen molar-refractivity contribution in [2.75, 3.05) is 37.7 Å². The standard InChI is InChI=1S/C10H22N4OS/c1-2-9(10(11)13-15)12-3-4-14-5-7-16-8-6-14/h9,12,15H,2-8H2,1H3,(H2,11,13). The topological polar surface area (TPSA) is 73.9 Å². The van der Waals surface area contributed by atoms with E-state index in [1.54, 1.807) is 0 Å². The molecule has 6 heteroatoms. The number of amidine groups is 1. The zero-order valence-electron chi connectivity index (χ0n) is 9.85. The molecule has 4 N–H and O–H groups in total. The Morgan fingerprint density at radius 2 is 2.25 bits per heavy atom. The van der Waals surface area contributed by atoms with Crippen molar-refractivity contribution in [3.8, 4) is 0 Å². The predicted molar refractivity (Wildman–Crippen MR) is 69.3 cm³/mol. The second-order valence-electron chi connectivity index (χ2n) is 3.89. The van der Waals surface area contributed by atoms with Crippen LogP contribution in [0.25, 0.3) is 0 Å². The molecule has 1 heterocycles. The second-order valence-corrected chi connectivity index (χ2v) is 5.12. The van der Waals surface area contributed by atoms with Gasteiger partial charge < -0.3 is 21.2 Å². The summed E-state index contributed by atoms with van der Waals surface area (Å²) in [7, 11) is 0. The lowest BCUT2D eigenvalue weighted by molar-refractivity contribution is 0.295. The molecule has 0 bridgehead atoms. The minimum atomic E-state index is -0.0100. The molecule has 0 spiro atoms. The van der Waals surface area contributed by atoms with E-state index in [4.69, 9.17) is 10.9 Å². The van der Waals surface area contributed by atoms with E-state index >= 15 is 0 Å². The highest BCUT2D eigenvalue weighted by molar-refractivity contribution is 7.99. The normalized spacial score (nSPS) is 20.9. The Labute approximate surface area is 101 Å². The van der Waals surface area contributed by atoms with Crippen LogP contribution in [0.4, 0.5) is 0 Å². The third-order valence-corrected chi connectivity index (χ3v) is 3.75. The zero-order valence-corrected chi connectivity index (χ0v) is 10.7. The summed E-state index contributed by atoms with van der Waals surface area (Å²) in [6, 6.07) is -0.0100. The van der Waals surface area contributed by atoms with Crippen LogP contribution in [0.2, 0.25) is 0 Å². The highest BCUT2D eigenvalue weighted by Gasteiger charge is 2.13. The number of rotatable bonds is 6. The summed E-state index contributed by atoms with van der Waals surface area (Å²) in [5.41, 5.74) is 5.57. The average molecular weight is 246 g/mol. The summed E-state index contributed by atoms with van der Waals surface area (Å²) < 4.78 is 0. The molecule has 1 aliphatic heterocycles. The maximum Gasteiger partial charge on any atom is 0.156 e. The first-order valence-corrected chi connectivity index (χ1v) is 6.94. The van der Waals surface area contributed by atoms with E-state index in [1.807, 2.05) is 18.7 Å². The Morgan fingerprint density at radius 1 is 1.56 bits per heavy atom. The van der Waals surface area contributed by atoms with Gasteiger partial charge in [0.05, 0.1) is 6.04 Å². The minimum Gasteiger partial charge on any atom is -0.409 e. The van der Waals surface area contributed by atoms with Crippen LogP contribution in [0.1, 0.15) is 13.3 Å². The molecule has 1 saturated heterocycles. The van der Waals surface area contributed by atoms with Crippen LogP contribution >= 0.6 is 11.8 Å². The van der Waals surface area contributed by atoms with E-state index in [2.05, 4.69) is 15.4 Å². The molecule has 0 aromatic rings. The monoisotopic (exact) mass is 246 g/mol. The molecule has 94 valence electrons. The van der Waals surface area contributed by atoms with E-state index in [1.165, 1.54) is 24.6 Å².